The number of hydrogen-bond donors (Lipinski definition) is 0. The molecular weight excluding hydrogens is 609 g/mol. The molecule has 10 aromatic rings. The molecule has 0 aliphatic rings. The molecule has 0 fully saturated rings. The van der Waals surface area contributed by atoms with Crippen molar-refractivity contribution in [3.8, 4) is 44.5 Å². The van der Waals surface area contributed by atoms with E-state index in [1.165, 1.54) is 86.2 Å². The zero-order valence-corrected chi connectivity index (χ0v) is 27.5. The molecule has 49 heavy (non-hydrogen) atoms. The normalized spacial score (nSPS) is 12.0. The van der Waals surface area contributed by atoms with Crippen LogP contribution in [0.15, 0.2) is 182 Å². The zero-order valence-electron chi connectivity index (χ0n) is 27.7. The Bertz CT molecular complexity index is 2860. The summed E-state index contributed by atoms with van der Waals surface area (Å²) in [6.07, 6.45) is 0. The van der Waals surface area contributed by atoms with Crippen molar-refractivity contribution in [3.63, 3.8) is 0 Å². The van der Waals surface area contributed by atoms with Crippen molar-refractivity contribution in [1.82, 2.24) is 0 Å². The summed E-state index contributed by atoms with van der Waals surface area (Å²) in [4.78, 5) is 0. The highest BCUT2D eigenvalue weighted by Crippen LogP contribution is 2.46. The fourth-order valence-electron chi connectivity index (χ4n) is 7.69. The molecule has 0 saturated heterocycles. The molecular formula is C48H30S. The molecule has 0 unspecified atom stereocenters. The van der Waals surface area contributed by atoms with E-state index in [4.69, 9.17) is 1.37 Å². The lowest BCUT2D eigenvalue weighted by Crippen LogP contribution is -1.91. The standard InChI is InChI=1S/C48H30S/c1-2-13-33(14-3-1)43-29-37(30-44-38-16-10-11-21-45(38)49-48(43)44)32-22-25-34(26-23-32)46-39-17-6-8-19-41(39)47(42-20-9-7-18-40(42)46)36-27-24-31-12-4-5-15-35(31)28-36/h1-30H/i4D. The van der Waals surface area contributed by atoms with Crippen LogP contribution in [0.4, 0.5) is 0 Å². The maximum absolute atomic E-state index is 8.08. The van der Waals surface area contributed by atoms with E-state index in [0.29, 0.717) is 6.04 Å². The third-order valence-electron chi connectivity index (χ3n) is 9.97. The minimum Gasteiger partial charge on any atom is -0.135 e. The van der Waals surface area contributed by atoms with Crippen LogP contribution >= 0.6 is 11.3 Å². The Morgan fingerprint density at radius 2 is 0.939 bits per heavy atom. The van der Waals surface area contributed by atoms with Crippen LogP contribution in [-0.4, -0.2) is 0 Å². The number of benzene rings is 9. The summed E-state index contributed by atoms with van der Waals surface area (Å²) in [5, 5.41) is 9.83. The van der Waals surface area contributed by atoms with Gasteiger partial charge in [-0.2, -0.15) is 0 Å². The lowest BCUT2D eigenvalue weighted by Gasteiger charge is -2.18. The minimum absolute atomic E-state index is 0.536. The smallest absolute Gasteiger partial charge is 0.0623 e. The Morgan fingerprint density at radius 1 is 0.347 bits per heavy atom. The summed E-state index contributed by atoms with van der Waals surface area (Å²) >= 11 is 1.88. The van der Waals surface area contributed by atoms with Crippen LogP contribution in [0.3, 0.4) is 0 Å². The van der Waals surface area contributed by atoms with Crippen LogP contribution in [0.5, 0.6) is 0 Å². The quantitative estimate of drug-likeness (QED) is 0.168. The molecule has 0 saturated carbocycles. The zero-order chi connectivity index (χ0) is 33.2. The molecule has 0 aliphatic carbocycles. The Kier molecular flexibility index (Phi) is 6.22. The fraction of sp³-hybridized carbons (Fsp3) is 0. The van der Waals surface area contributed by atoms with E-state index in [0.717, 1.165) is 10.8 Å². The van der Waals surface area contributed by atoms with Crippen molar-refractivity contribution in [2.24, 2.45) is 0 Å². The molecule has 0 spiro atoms. The Morgan fingerprint density at radius 3 is 1.65 bits per heavy atom. The van der Waals surface area contributed by atoms with Crippen LogP contribution in [0.1, 0.15) is 1.37 Å². The van der Waals surface area contributed by atoms with Crippen molar-refractivity contribution in [1.29, 1.82) is 0 Å². The third-order valence-corrected chi connectivity index (χ3v) is 11.2. The highest BCUT2D eigenvalue weighted by Gasteiger charge is 2.18. The summed E-state index contributed by atoms with van der Waals surface area (Å²) in [6, 6.07) is 64.2. The van der Waals surface area contributed by atoms with Gasteiger partial charge in [-0.3, -0.25) is 0 Å². The molecule has 10 rings (SSSR count). The molecule has 1 aromatic heterocycles. The van der Waals surface area contributed by atoms with Crippen molar-refractivity contribution >= 4 is 63.8 Å². The minimum atomic E-state index is 0.536. The fourth-order valence-corrected chi connectivity index (χ4v) is 8.91. The molecule has 0 nitrogen and oxygen atoms in total. The molecule has 0 bridgehead atoms. The van der Waals surface area contributed by atoms with E-state index in [-0.39, 0.29) is 0 Å². The van der Waals surface area contributed by atoms with Crippen molar-refractivity contribution in [3.05, 3.63) is 182 Å². The maximum Gasteiger partial charge on any atom is 0.0623 e. The number of fused-ring (bicyclic) bond motifs is 6. The first-order valence-corrected chi connectivity index (χ1v) is 17.6. The topological polar surface area (TPSA) is 0 Å². The van der Waals surface area contributed by atoms with E-state index < -0.39 is 0 Å². The number of hydrogen-bond acceptors (Lipinski definition) is 1. The van der Waals surface area contributed by atoms with Gasteiger partial charge in [-0.1, -0.05) is 158 Å². The molecule has 228 valence electrons. The maximum atomic E-state index is 8.08. The molecule has 9 aromatic carbocycles. The molecule has 0 aliphatic heterocycles. The summed E-state index contributed by atoms with van der Waals surface area (Å²) in [5.74, 6) is 0. The van der Waals surface area contributed by atoms with Gasteiger partial charge in [-0.25, -0.2) is 0 Å². The summed E-state index contributed by atoms with van der Waals surface area (Å²) in [7, 11) is 0. The number of rotatable bonds is 4. The summed E-state index contributed by atoms with van der Waals surface area (Å²) in [5.41, 5.74) is 9.87. The van der Waals surface area contributed by atoms with E-state index >= 15 is 0 Å². The first kappa shape index (κ1) is 27.0. The van der Waals surface area contributed by atoms with Crippen LogP contribution < -0.4 is 0 Å². The summed E-state index contributed by atoms with van der Waals surface area (Å²) < 4.78 is 10.7. The highest BCUT2D eigenvalue weighted by molar-refractivity contribution is 7.26. The molecule has 0 N–H and O–H groups in total. The van der Waals surface area contributed by atoms with Gasteiger partial charge in [-0.15, -0.1) is 11.3 Å². The van der Waals surface area contributed by atoms with Gasteiger partial charge in [0.25, 0.3) is 0 Å². The van der Waals surface area contributed by atoms with Gasteiger partial charge in [0.15, 0.2) is 0 Å². The largest absolute Gasteiger partial charge is 0.135 e. The van der Waals surface area contributed by atoms with E-state index in [1.54, 1.807) is 0 Å². The second kappa shape index (κ2) is 11.3. The Balaban J connectivity index is 1.15. The van der Waals surface area contributed by atoms with Crippen LogP contribution in [0.25, 0.3) is 97.0 Å². The van der Waals surface area contributed by atoms with Gasteiger partial charge in [0, 0.05) is 25.7 Å². The lowest BCUT2D eigenvalue weighted by atomic mass is 9.85. The first-order chi connectivity index (χ1) is 24.7. The monoisotopic (exact) mass is 639 g/mol. The second-order valence-electron chi connectivity index (χ2n) is 12.8. The van der Waals surface area contributed by atoms with Gasteiger partial charge in [0.1, 0.15) is 0 Å². The second-order valence-corrected chi connectivity index (χ2v) is 13.8. The molecule has 1 heterocycles. The van der Waals surface area contributed by atoms with Crippen LogP contribution in [0.2, 0.25) is 0 Å². The van der Waals surface area contributed by atoms with E-state index in [1.807, 2.05) is 23.5 Å². The Hall–Kier alpha value is -6.02. The first-order valence-electron chi connectivity index (χ1n) is 17.3. The average molecular weight is 640 g/mol. The van der Waals surface area contributed by atoms with Crippen LogP contribution in [-0.2, 0) is 0 Å². The molecule has 0 radical (unpaired) electrons. The van der Waals surface area contributed by atoms with Gasteiger partial charge in [0.05, 0.1) is 1.37 Å². The van der Waals surface area contributed by atoms with Crippen molar-refractivity contribution in [2.45, 2.75) is 0 Å². The molecule has 1 heteroatoms. The SMILES string of the molecule is [2H]c1ccc2cc(-c3c4ccccc4c(-c4ccc(-c5cc(-c6ccccc6)c6sc7ccccc7c6c5)cc4)c4ccccc34)ccc2c1. The van der Waals surface area contributed by atoms with E-state index in [9.17, 15) is 0 Å². The third kappa shape index (κ3) is 4.58. The molecule has 0 amide bonds. The van der Waals surface area contributed by atoms with Gasteiger partial charge < -0.3 is 0 Å². The number of thiophene rings is 1. The summed E-state index contributed by atoms with van der Waals surface area (Å²) in [6.45, 7) is 0. The highest BCUT2D eigenvalue weighted by atomic mass is 32.1. The van der Waals surface area contributed by atoms with Crippen LogP contribution in [0, 0.1) is 0 Å². The van der Waals surface area contributed by atoms with E-state index in [2.05, 4.69) is 164 Å². The lowest BCUT2D eigenvalue weighted by molar-refractivity contribution is 1.62. The predicted molar refractivity (Wildman–Crippen MR) is 214 cm³/mol. The van der Waals surface area contributed by atoms with Gasteiger partial charge >= 0.3 is 0 Å². The molecule has 0 atom stereocenters. The predicted octanol–water partition coefficient (Wildman–Crippen LogP) is 14.2. The van der Waals surface area contributed by atoms with Crippen molar-refractivity contribution < 1.29 is 1.37 Å². The van der Waals surface area contributed by atoms with Gasteiger partial charge in [-0.05, 0) is 95.5 Å². The average Bonchev–Trinajstić information content (AvgIpc) is 3.55. The van der Waals surface area contributed by atoms with Gasteiger partial charge in [0.2, 0.25) is 0 Å². The Labute approximate surface area is 290 Å². The van der Waals surface area contributed by atoms with Crippen molar-refractivity contribution in [2.75, 3.05) is 0 Å².